The number of rotatable bonds is 3. The maximum absolute atomic E-state index is 5.51. The lowest BCUT2D eigenvalue weighted by atomic mass is 10.0. The van der Waals surface area contributed by atoms with Gasteiger partial charge in [-0.2, -0.15) is 0 Å². The molecule has 0 aliphatic carbocycles. The zero-order valence-corrected chi connectivity index (χ0v) is 10.4. The van der Waals surface area contributed by atoms with Crippen molar-refractivity contribution >= 4 is 6.08 Å². The van der Waals surface area contributed by atoms with E-state index in [1.807, 2.05) is 60.7 Å². The summed E-state index contributed by atoms with van der Waals surface area (Å²) in [6.45, 7) is 3.88. The number of nitrogens with zero attached hydrogens (tertiary/aromatic N) is 1. The highest BCUT2D eigenvalue weighted by Gasteiger charge is 2.15. The lowest BCUT2D eigenvalue weighted by molar-refractivity contribution is 0.435. The SMILES string of the molecule is C=Cc1c(-c2ccccc2)noc1-c1ccccc1. The van der Waals surface area contributed by atoms with Crippen LogP contribution in [0.1, 0.15) is 5.56 Å². The van der Waals surface area contributed by atoms with E-state index in [0.29, 0.717) is 0 Å². The minimum Gasteiger partial charge on any atom is -0.355 e. The average molecular weight is 247 g/mol. The molecule has 0 atom stereocenters. The molecule has 0 fully saturated rings. The summed E-state index contributed by atoms with van der Waals surface area (Å²) < 4.78 is 5.51. The fourth-order valence-electron chi connectivity index (χ4n) is 2.09. The molecule has 2 aromatic carbocycles. The summed E-state index contributed by atoms with van der Waals surface area (Å²) in [4.78, 5) is 0. The number of hydrogen-bond acceptors (Lipinski definition) is 2. The van der Waals surface area contributed by atoms with Crippen molar-refractivity contribution in [3.05, 3.63) is 72.8 Å². The Labute approximate surface area is 112 Å². The van der Waals surface area contributed by atoms with Crippen LogP contribution in [0.4, 0.5) is 0 Å². The van der Waals surface area contributed by atoms with Gasteiger partial charge in [-0.3, -0.25) is 0 Å². The van der Waals surface area contributed by atoms with E-state index in [9.17, 15) is 0 Å². The van der Waals surface area contributed by atoms with Crippen molar-refractivity contribution in [1.29, 1.82) is 0 Å². The highest BCUT2D eigenvalue weighted by molar-refractivity contribution is 5.80. The molecule has 0 radical (unpaired) electrons. The summed E-state index contributed by atoms with van der Waals surface area (Å²) in [5, 5.41) is 4.19. The molecule has 0 spiro atoms. The highest BCUT2D eigenvalue weighted by atomic mass is 16.5. The molecule has 0 saturated carbocycles. The Balaban J connectivity index is 2.15. The van der Waals surface area contributed by atoms with Gasteiger partial charge in [0.05, 0.1) is 0 Å². The van der Waals surface area contributed by atoms with Crippen molar-refractivity contribution in [2.45, 2.75) is 0 Å². The molecule has 0 aliphatic heterocycles. The third kappa shape index (κ3) is 2.08. The molecule has 92 valence electrons. The molecular weight excluding hydrogens is 234 g/mol. The molecule has 0 aliphatic rings. The lowest BCUT2D eigenvalue weighted by Crippen LogP contribution is -1.81. The van der Waals surface area contributed by atoms with E-state index in [0.717, 1.165) is 28.1 Å². The third-order valence-corrected chi connectivity index (χ3v) is 3.02. The predicted octanol–water partition coefficient (Wildman–Crippen LogP) is 4.65. The minimum absolute atomic E-state index is 0.759. The van der Waals surface area contributed by atoms with Gasteiger partial charge in [0.1, 0.15) is 5.69 Å². The van der Waals surface area contributed by atoms with E-state index in [-0.39, 0.29) is 0 Å². The van der Waals surface area contributed by atoms with Crippen LogP contribution >= 0.6 is 0 Å². The molecule has 1 heterocycles. The quantitative estimate of drug-likeness (QED) is 0.673. The predicted molar refractivity (Wildman–Crippen MR) is 77.5 cm³/mol. The van der Waals surface area contributed by atoms with Crippen molar-refractivity contribution in [2.24, 2.45) is 0 Å². The summed E-state index contributed by atoms with van der Waals surface area (Å²) in [5.74, 6) is 0.759. The van der Waals surface area contributed by atoms with Gasteiger partial charge < -0.3 is 4.52 Å². The van der Waals surface area contributed by atoms with E-state index in [1.54, 1.807) is 6.08 Å². The maximum atomic E-state index is 5.51. The first-order valence-corrected chi connectivity index (χ1v) is 6.13. The van der Waals surface area contributed by atoms with Crippen molar-refractivity contribution in [3.63, 3.8) is 0 Å². The first-order chi connectivity index (χ1) is 9.40. The van der Waals surface area contributed by atoms with Crippen molar-refractivity contribution < 1.29 is 4.52 Å². The standard InChI is InChI=1S/C17H13NO/c1-2-15-16(13-9-5-3-6-10-13)18-19-17(15)14-11-7-4-8-12-14/h2-12H,1H2. The Morgan fingerprint density at radius 2 is 1.42 bits per heavy atom. The average Bonchev–Trinajstić information content (AvgIpc) is 2.93. The second-order valence-corrected chi connectivity index (χ2v) is 4.21. The van der Waals surface area contributed by atoms with E-state index in [2.05, 4.69) is 11.7 Å². The first kappa shape index (κ1) is 11.5. The van der Waals surface area contributed by atoms with Gasteiger partial charge in [-0.15, -0.1) is 0 Å². The van der Waals surface area contributed by atoms with Gasteiger partial charge >= 0.3 is 0 Å². The Bertz CT molecular complexity index is 627. The first-order valence-electron chi connectivity index (χ1n) is 6.13. The van der Waals surface area contributed by atoms with Gasteiger partial charge in [-0.25, -0.2) is 0 Å². The molecule has 0 unspecified atom stereocenters. The van der Waals surface area contributed by atoms with Gasteiger partial charge in [-0.05, 0) is 0 Å². The van der Waals surface area contributed by atoms with Crippen LogP contribution in [0.2, 0.25) is 0 Å². The summed E-state index contributed by atoms with van der Waals surface area (Å²) >= 11 is 0. The van der Waals surface area contributed by atoms with Crippen LogP contribution in [-0.2, 0) is 0 Å². The van der Waals surface area contributed by atoms with Crippen LogP contribution in [-0.4, -0.2) is 5.16 Å². The van der Waals surface area contributed by atoms with E-state index < -0.39 is 0 Å². The van der Waals surface area contributed by atoms with Gasteiger partial charge in [0.25, 0.3) is 0 Å². The van der Waals surface area contributed by atoms with Crippen molar-refractivity contribution in [1.82, 2.24) is 5.16 Å². The number of hydrogen-bond donors (Lipinski definition) is 0. The van der Waals surface area contributed by atoms with Crippen LogP contribution in [0, 0.1) is 0 Å². The number of aromatic nitrogens is 1. The second kappa shape index (κ2) is 4.94. The molecule has 19 heavy (non-hydrogen) atoms. The molecule has 0 amide bonds. The molecule has 0 N–H and O–H groups in total. The van der Waals surface area contributed by atoms with Crippen LogP contribution in [0.5, 0.6) is 0 Å². The van der Waals surface area contributed by atoms with E-state index in [4.69, 9.17) is 4.52 Å². The number of benzene rings is 2. The minimum atomic E-state index is 0.759. The van der Waals surface area contributed by atoms with Crippen molar-refractivity contribution in [2.75, 3.05) is 0 Å². The summed E-state index contributed by atoms with van der Waals surface area (Å²) in [6, 6.07) is 19.9. The Morgan fingerprint density at radius 3 is 2.00 bits per heavy atom. The smallest absolute Gasteiger partial charge is 0.174 e. The fraction of sp³-hybridized carbons (Fsp3) is 0. The van der Waals surface area contributed by atoms with Gasteiger partial charge in [-0.1, -0.05) is 78.5 Å². The maximum Gasteiger partial charge on any atom is 0.174 e. The molecule has 2 nitrogen and oxygen atoms in total. The Kier molecular flexibility index (Phi) is 2.99. The lowest BCUT2D eigenvalue weighted by Gasteiger charge is -1.99. The summed E-state index contributed by atoms with van der Waals surface area (Å²) in [7, 11) is 0. The molecule has 0 bridgehead atoms. The molecule has 1 aromatic heterocycles. The molecule has 3 rings (SSSR count). The van der Waals surface area contributed by atoms with Gasteiger partial charge in [0, 0.05) is 16.7 Å². The summed E-state index contributed by atoms with van der Waals surface area (Å²) in [5.41, 5.74) is 3.79. The van der Waals surface area contributed by atoms with Crippen LogP contribution < -0.4 is 0 Å². The van der Waals surface area contributed by atoms with Gasteiger partial charge in [0.15, 0.2) is 5.76 Å². The zero-order chi connectivity index (χ0) is 13.1. The second-order valence-electron chi connectivity index (χ2n) is 4.21. The van der Waals surface area contributed by atoms with Crippen LogP contribution in [0.25, 0.3) is 28.7 Å². The normalized spacial score (nSPS) is 10.3. The Morgan fingerprint density at radius 1 is 0.842 bits per heavy atom. The largest absolute Gasteiger partial charge is 0.355 e. The zero-order valence-electron chi connectivity index (χ0n) is 10.4. The van der Waals surface area contributed by atoms with Gasteiger partial charge in [0.2, 0.25) is 0 Å². The topological polar surface area (TPSA) is 26.0 Å². The summed E-state index contributed by atoms with van der Waals surface area (Å²) in [6.07, 6.45) is 1.79. The van der Waals surface area contributed by atoms with Crippen LogP contribution in [0.15, 0.2) is 71.8 Å². The molecule has 0 saturated heterocycles. The Hall–Kier alpha value is -2.61. The van der Waals surface area contributed by atoms with Crippen LogP contribution in [0.3, 0.4) is 0 Å². The molecule has 2 heteroatoms. The van der Waals surface area contributed by atoms with Crippen molar-refractivity contribution in [3.8, 4) is 22.6 Å². The highest BCUT2D eigenvalue weighted by Crippen LogP contribution is 2.32. The monoisotopic (exact) mass is 247 g/mol. The van der Waals surface area contributed by atoms with E-state index in [1.165, 1.54) is 0 Å². The fourth-order valence-corrected chi connectivity index (χ4v) is 2.09. The third-order valence-electron chi connectivity index (χ3n) is 3.02. The van der Waals surface area contributed by atoms with E-state index >= 15 is 0 Å². The molecule has 3 aromatic rings. The molecular formula is C17H13NO.